The normalized spacial score (nSPS) is 15.1. The minimum Gasteiger partial charge on any atom is -0.343 e. The summed E-state index contributed by atoms with van der Waals surface area (Å²) in [7, 11) is 0. The molecule has 0 bridgehead atoms. The number of likely N-dealkylation sites (tertiary alicyclic amines) is 1. The van der Waals surface area contributed by atoms with Crippen LogP contribution in [0.2, 0.25) is 5.02 Å². The summed E-state index contributed by atoms with van der Waals surface area (Å²) in [6.07, 6.45) is 1.49. The Labute approximate surface area is 223 Å². The van der Waals surface area contributed by atoms with Gasteiger partial charge < -0.3 is 4.90 Å². The van der Waals surface area contributed by atoms with Crippen molar-refractivity contribution < 1.29 is 4.79 Å². The first-order valence-electron chi connectivity index (χ1n) is 12.7. The molecule has 4 aromatic rings. The van der Waals surface area contributed by atoms with Crippen LogP contribution in [0.4, 0.5) is 0 Å². The fraction of sp³-hybridized carbons (Fsp3) is 0.212. The lowest BCUT2D eigenvalue weighted by atomic mass is 9.66. The molecule has 3 nitrogen and oxygen atoms in total. The maximum Gasteiger partial charge on any atom is 0.224 e. The van der Waals surface area contributed by atoms with Crippen LogP contribution in [0, 0.1) is 11.3 Å². The van der Waals surface area contributed by atoms with Gasteiger partial charge in [-0.05, 0) is 41.2 Å². The molecule has 0 aromatic heterocycles. The van der Waals surface area contributed by atoms with E-state index in [1.807, 2.05) is 95.9 Å². The molecule has 0 N–H and O–H groups in total. The number of piperidine rings is 1. The molecule has 0 saturated carbocycles. The van der Waals surface area contributed by atoms with E-state index in [1.165, 1.54) is 0 Å². The Hall–Kier alpha value is -3.87. The molecule has 184 valence electrons. The third-order valence-corrected chi connectivity index (χ3v) is 8.12. The summed E-state index contributed by atoms with van der Waals surface area (Å²) in [4.78, 5) is 16.0. The van der Waals surface area contributed by atoms with Gasteiger partial charge >= 0.3 is 0 Å². The summed E-state index contributed by atoms with van der Waals surface area (Å²) in [5.74, 6) is 0.0622. The van der Waals surface area contributed by atoms with Crippen molar-refractivity contribution in [2.45, 2.75) is 30.1 Å². The van der Waals surface area contributed by atoms with Crippen molar-refractivity contribution in [1.82, 2.24) is 4.90 Å². The molecule has 0 unspecified atom stereocenters. The SMILES string of the molecule is N#CC1(c2ccccc2)CCN(C(=O)CC(c2ccccc2)(c2ccccc2)c2ccccc2Cl)CC1. The predicted octanol–water partition coefficient (Wildman–Crippen LogP) is 7.15. The van der Waals surface area contributed by atoms with E-state index in [2.05, 4.69) is 30.3 Å². The number of hydrogen-bond donors (Lipinski definition) is 0. The van der Waals surface area contributed by atoms with Gasteiger partial charge in [0.25, 0.3) is 0 Å². The number of carbonyl (C=O) groups excluding carboxylic acids is 1. The quantitative estimate of drug-likeness (QED) is 0.262. The minimum absolute atomic E-state index is 0.0622. The Kier molecular flexibility index (Phi) is 7.12. The molecule has 1 aliphatic heterocycles. The number of nitriles is 1. The molecular formula is C33H29ClN2O. The van der Waals surface area contributed by atoms with E-state index >= 15 is 0 Å². The minimum atomic E-state index is -0.749. The molecule has 1 aliphatic rings. The third-order valence-electron chi connectivity index (χ3n) is 7.79. The monoisotopic (exact) mass is 504 g/mol. The second kappa shape index (κ2) is 10.6. The zero-order valence-electron chi connectivity index (χ0n) is 20.7. The van der Waals surface area contributed by atoms with Crippen LogP contribution in [0.25, 0.3) is 0 Å². The van der Waals surface area contributed by atoms with Gasteiger partial charge in [0.2, 0.25) is 5.91 Å². The Morgan fingerprint density at radius 2 is 1.27 bits per heavy atom. The summed E-state index contributed by atoms with van der Waals surface area (Å²) in [5.41, 5.74) is 2.68. The first-order chi connectivity index (χ1) is 18.1. The molecule has 5 rings (SSSR count). The summed E-state index contributed by atoms with van der Waals surface area (Å²) in [5, 5.41) is 10.7. The summed E-state index contributed by atoms with van der Waals surface area (Å²) in [6.45, 7) is 1.09. The molecule has 4 heteroatoms. The molecule has 1 heterocycles. The lowest BCUT2D eigenvalue weighted by molar-refractivity contribution is -0.133. The molecule has 4 aromatic carbocycles. The van der Waals surface area contributed by atoms with E-state index in [9.17, 15) is 10.1 Å². The molecular weight excluding hydrogens is 476 g/mol. The number of halogens is 1. The Bertz CT molecular complexity index is 1350. The van der Waals surface area contributed by atoms with Crippen molar-refractivity contribution in [3.8, 4) is 6.07 Å². The zero-order chi connectivity index (χ0) is 25.7. The van der Waals surface area contributed by atoms with Gasteiger partial charge in [-0.2, -0.15) is 5.26 Å². The van der Waals surface area contributed by atoms with E-state index in [1.54, 1.807) is 0 Å². The molecule has 37 heavy (non-hydrogen) atoms. The van der Waals surface area contributed by atoms with Crippen molar-refractivity contribution >= 4 is 17.5 Å². The van der Waals surface area contributed by atoms with Crippen LogP contribution < -0.4 is 0 Å². The number of hydrogen-bond acceptors (Lipinski definition) is 2. The molecule has 0 spiro atoms. The van der Waals surface area contributed by atoms with Crippen LogP contribution in [-0.4, -0.2) is 23.9 Å². The molecule has 1 amide bonds. The fourth-order valence-corrected chi connectivity index (χ4v) is 6.03. The number of rotatable bonds is 6. The van der Waals surface area contributed by atoms with Gasteiger partial charge in [0.1, 0.15) is 0 Å². The van der Waals surface area contributed by atoms with Crippen LogP contribution in [0.3, 0.4) is 0 Å². The largest absolute Gasteiger partial charge is 0.343 e. The molecule has 0 aliphatic carbocycles. The van der Waals surface area contributed by atoms with E-state index in [0.717, 1.165) is 22.3 Å². The van der Waals surface area contributed by atoms with Gasteiger partial charge in [-0.1, -0.05) is 121 Å². The third kappa shape index (κ3) is 4.66. The summed E-state index contributed by atoms with van der Waals surface area (Å²) < 4.78 is 0. The predicted molar refractivity (Wildman–Crippen MR) is 148 cm³/mol. The van der Waals surface area contributed by atoms with Crippen LogP contribution in [0.15, 0.2) is 115 Å². The Morgan fingerprint density at radius 3 is 1.78 bits per heavy atom. The molecule has 0 radical (unpaired) electrons. The van der Waals surface area contributed by atoms with Crippen molar-refractivity contribution in [3.05, 3.63) is 143 Å². The zero-order valence-corrected chi connectivity index (χ0v) is 21.4. The number of nitrogens with zero attached hydrogens (tertiary/aromatic N) is 2. The highest BCUT2D eigenvalue weighted by Crippen LogP contribution is 2.46. The van der Waals surface area contributed by atoms with Gasteiger partial charge in [0.05, 0.1) is 16.9 Å². The lowest BCUT2D eigenvalue weighted by Crippen LogP contribution is -2.47. The fourth-order valence-electron chi connectivity index (χ4n) is 5.73. The Morgan fingerprint density at radius 1 is 0.784 bits per heavy atom. The van der Waals surface area contributed by atoms with Crippen molar-refractivity contribution in [2.24, 2.45) is 0 Å². The highest BCUT2D eigenvalue weighted by atomic mass is 35.5. The molecule has 1 saturated heterocycles. The average Bonchev–Trinajstić information content (AvgIpc) is 2.97. The maximum absolute atomic E-state index is 14.1. The van der Waals surface area contributed by atoms with Gasteiger partial charge in [0, 0.05) is 24.5 Å². The van der Waals surface area contributed by atoms with Crippen LogP contribution in [0.1, 0.15) is 41.5 Å². The second-order valence-electron chi connectivity index (χ2n) is 9.73. The Balaban J connectivity index is 1.52. The lowest BCUT2D eigenvalue weighted by Gasteiger charge is -2.41. The smallest absolute Gasteiger partial charge is 0.224 e. The van der Waals surface area contributed by atoms with Gasteiger partial charge in [-0.15, -0.1) is 0 Å². The van der Waals surface area contributed by atoms with E-state index in [0.29, 0.717) is 31.0 Å². The molecule has 1 fully saturated rings. The van der Waals surface area contributed by atoms with E-state index in [-0.39, 0.29) is 12.3 Å². The van der Waals surface area contributed by atoms with Gasteiger partial charge in [-0.25, -0.2) is 0 Å². The first-order valence-corrected chi connectivity index (χ1v) is 13.1. The topological polar surface area (TPSA) is 44.1 Å². The summed E-state index contributed by atoms with van der Waals surface area (Å²) in [6, 6.07) is 40.7. The van der Waals surface area contributed by atoms with Crippen LogP contribution in [-0.2, 0) is 15.6 Å². The van der Waals surface area contributed by atoms with E-state index < -0.39 is 10.8 Å². The van der Waals surface area contributed by atoms with Gasteiger partial charge in [-0.3, -0.25) is 4.79 Å². The van der Waals surface area contributed by atoms with Gasteiger partial charge in [0.15, 0.2) is 0 Å². The maximum atomic E-state index is 14.1. The van der Waals surface area contributed by atoms with Crippen LogP contribution in [0.5, 0.6) is 0 Å². The summed E-state index contributed by atoms with van der Waals surface area (Å²) >= 11 is 6.84. The number of carbonyl (C=O) groups is 1. The van der Waals surface area contributed by atoms with Crippen molar-refractivity contribution in [2.75, 3.05) is 13.1 Å². The highest BCUT2D eigenvalue weighted by Gasteiger charge is 2.43. The number of benzene rings is 4. The van der Waals surface area contributed by atoms with E-state index in [4.69, 9.17) is 11.6 Å². The highest BCUT2D eigenvalue weighted by molar-refractivity contribution is 6.31. The average molecular weight is 505 g/mol. The first kappa shape index (κ1) is 24.8. The molecule has 0 atom stereocenters. The number of amides is 1. The van der Waals surface area contributed by atoms with Crippen molar-refractivity contribution in [1.29, 1.82) is 5.26 Å². The van der Waals surface area contributed by atoms with Crippen molar-refractivity contribution in [3.63, 3.8) is 0 Å². The van der Waals surface area contributed by atoms with Crippen LogP contribution >= 0.6 is 11.6 Å². The second-order valence-corrected chi connectivity index (χ2v) is 10.1. The standard InChI is InChI=1S/C33H29ClN2O/c34-30-19-11-10-18-29(30)33(27-14-6-2-7-15-27,28-16-8-3-9-17-28)24-31(37)36-22-20-32(25-35,21-23-36)26-12-4-1-5-13-26/h1-19H,20-24H2.